The van der Waals surface area contributed by atoms with Crippen LogP contribution < -0.4 is 14.8 Å². The number of rotatable bonds is 6. The number of nitrogens with one attached hydrogen (secondary N) is 1. The second-order valence-electron chi connectivity index (χ2n) is 6.30. The van der Waals surface area contributed by atoms with Gasteiger partial charge in [0, 0.05) is 11.6 Å². The number of hydrogen-bond acceptors (Lipinski definition) is 3. The normalized spacial score (nSPS) is 19.8. The molecule has 0 unspecified atom stereocenters. The van der Waals surface area contributed by atoms with Crippen LogP contribution in [0.25, 0.3) is 0 Å². The molecule has 26 heavy (non-hydrogen) atoms. The van der Waals surface area contributed by atoms with Crippen molar-refractivity contribution in [1.29, 1.82) is 0 Å². The van der Waals surface area contributed by atoms with Crippen molar-refractivity contribution in [1.82, 2.24) is 0 Å². The van der Waals surface area contributed by atoms with Gasteiger partial charge in [0.05, 0.1) is 6.10 Å². The van der Waals surface area contributed by atoms with E-state index in [0.29, 0.717) is 5.69 Å². The molecule has 2 aromatic carbocycles. The number of ether oxygens (including phenoxy) is 2. The molecule has 1 fully saturated rings. The number of hydrogen-bond donors (Lipinski definition) is 1. The molecule has 0 bridgehead atoms. The third kappa shape index (κ3) is 5.18. The minimum atomic E-state index is -2.86. The molecule has 0 spiro atoms. The molecule has 0 saturated heterocycles. The number of carbonyl (C=O) groups excluding carboxylic acids is 1. The molecule has 2 aromatic rings. The van der Waals surface area contributed by atoms with E-state index in [0.717, 1.165) is 31.4 Å². The van der Waals surface area contributed by atoms with Gasteiger partial charge in [0.1, 0.15) is 11.5 Å². The molecule has 0 heterocycles. The zero-order valence-electron chi connectivity index (χ0n) is 14.2. The first-order valence-electron chi connectivity index (χ1n) is 8.67. The molecule has 1 amide bonds. The van der Waals surface area contributed by atoms with Gasteiger partial charge in [-0.15, -0.1) is 0 Å². The molecule has 1 N–H and O–H groups in total. The molecule has 0 radical (unpaired) electrons. The summed E-state index contributed by atoms with van der Waals surface area (Å²) in [5.41, 5.74) is 0.569. The average molecular weight is 361 g/mol. The Balaban J connectivity index is 1.46. The molecule has 0 aromatic heterocycles. The van der Waals surface area contributed by atoms with E-state index in [1.165, 1.54) is 12.1 Å². The summed E-state index contributed by atoms with van der Waals surface area (Å²) in [5.74, 6) is 0.802. The van der Waals surface area contributed by atoms with Crippen molar-refractivity contribution in [3.05, 3.63) is 54.6 Å². The van der Waals surface area contributed by atoms with Crippen molar-refractivity contribution in [2.24, 2.45) is 5.92 Å². The van der Waals surface area contributed by atoms with Gasteiger partial charge in [-0.1, -0.05) is 18.2 Å². The third-order valence-corrected chi connectivity index (χ3v) is 4.44. The Kier molecular flexibility index (Phi) is 6.04. The smallest absolute Gasteiger partial charge is 0.387 e. The summed E-state index contributed by atoms with van der Waals surface area (Å²) in [4.78, 5) is 12.4. The quantitative estimate of drug-likeness (QED) is 0.799. The minimum absolute atomic E-state index is 0.0503. The topological polar surface area (TPSA) is 47.6 Å². The first kappa shape index (κ1) is 18.2. The first-order valence-corrected chi connectivity index (χ1v) is 8.67. The van der Waals surface area contributed by atoms with Gasteiger partial charge in [0.2, 0.25) is 5.91 Å². The third-order valence-electron chi connectivity index (χ3n) is 4.44. The van der Waals surface area contributed by atoms with E-state index in [1.807, 2.05) is 30.3 Å². The monoisotopic (exact) mass is 361 g/mol. The van der Waals surface area contributed by atoms with Crippen molar-refractivity contribution in [2.45, 2.75) is 38.4 Å². The molecule has 1 aliphatic carbocycles. The van der Waals surface area contributed by atoms with Crippen molar-refractivity contribution in [2.75, 3.05) is 5.32 Å². The van der Waals surface area contributed by atoms with E-state index in [9.17, 15) is 13.6 Å². The Hall–Kier alpha value is -2.63. The number of amides is 1. The van der Waals surface area contributed by atoms with Crippen LogP contribution in [0.15, 0.2) is 54.6 Å². The molecule has 0 atom stereocenters. The molecule has 4 nitrogen and oxygen atoms in total. The first-order chi connectivity index (χ1) is 12.6. The lowest BCUT2D eigenvalue weighted by atomic mass is 9.86. The lowest BCUT2D eigenvalue weighted by Gasteiger charge is -2.28. The highest BCUT2D eigenvalue weighted by atomic mass is 19.3. The second kappa shape index (κ2) is 8.65. The maximum absolute atomic E-state index is 12.4. The van der Waals surface area contributed by atoms with Crippen LogP contribution in [0.1, 0.15) is 25.7 Å². The molecule has 3 rings (SSSR count). The van der Waals surface area contributed by atoms with Crippen molar-refractivity contribution in [3.8, 4) is 11.5 Å². The SMILES string of the molecule is O=C(Nc1ccc(OC(F)F)cc1)[C@H]1CC[C@@H](Oc2ccccc2)CC1. The average Bonchev–Trinajstić information content (AvgIpc) is 2.64. The van der Waals surface area contributed by atoms with Crippen molar-refractivity contribution < 1.29 is 23.0 Å². The second-order valence-corrected chi connectivity index (χ2v) is 6.30. The number of carbonyl (C=O) groups is 1. The summed E-state index contributed by atoms with van der Waals surface area (Å²) in [7, 11) is 0. The van der Waals surface area contributed by atoms with Gasteiger partial charge >= 0.3 is 6.61 Å². The zero-order valence-corrected chi connectivity index (χ0v) is 14.2. The number of anilines is 1. The Morgan fingerprint density at radius 1 is 0.923 bits per heavy atom. The lowest BCUT2D eigenvalue weighted by Crippen LogP contribution is -2.31. The number of halogens is 2. The Bertz CT molecular complexity index is 699. The van der Waals surface area contributed by atoms with E-state index in [4.69, 9.17) is 4.74 Å². The van der Waals surface area contributed by atoms with E-state index in [1.54, 1.807) is 12.1 Å². The van der Waals surface area contributed by atoms with Crippen LogP contribution in [0.3, 0.4) is 0 Å². The summed E-state index contributed by atoms with van der Waals surface area (Å²) in [6, 6.07) is 15.6. The van der Waals surface area contributed by atoms with Crippen LogP contribution in [0.4, 0.5) is 14.5 Å². The Morgan fingerprint density at radius 3 is 2.19 bits per heavy atom. The molecular formula is C20H21F2NO3. The highest BCUT2D eigenvalue weighted by Crippen LogP contribution is 2.29. The Morgan fingerprint density at radius 2 is 1.58 bits per heavy atom. The van der Waals surface area contributed by atoms with E-state index in [-0.39, 0.29) is 23.7 Å². The summed E-state index contributed by atoms with van der Waals surface area (Å²) in [6.07, 6.45) is 3.31. The van der Waals surface area contributed by atoms with Gasteiger partial charge in [-0.05, 0) is 62.1 Å². The van der Waals surface area contributed by atoms with Crippen LogP contribution in [0.5, 0.6) is 11.5 Å². The van der Waals surface area contributed by atoms with Crippen LogP contribution >= 0.6 is 0 Å². The van der Waals surface area contributed by atoms with E-state index in [2.05, 4.69) is 10.1 Å². The van der Waals surface area contributed by atoms with Crippen LogP contribution in [-0.4, -0.2) is 18.6 Å². The highest BCUT2D eigenvalue weighted by Gasteiger charge is 2.27. The fourth-order valence-electron chi connectivity index (χ4n) is 3.10. The van der Waals surface area contributed by atoms with Crippen molar-refractivity contribution in [3.63, 3.8) is 0 Å². The fraction of sp³-hybridized carbons (Fsp3) is 0.350. The van der Waals surface area contributed by atoms with Gasteiger partial charge in [0.25, 0.3) is 0 Å². The van der Waals surface area contributed by atoms with Gasteiger partial charge in [-0.25, -0.2) is 0 Å². The van der Waals surface area contributed by atoms with Gasteiger partial charge in [-0.2, -0.15) is 8.78 Å². The Labute approximate surface area is 151 Å². The summed E-state index contributed by atoms with van der Waals surface area (Å²) in [5, 5.41) is 2.83. The molecule has 1 aliphatic rings. The molecule has 1 saturated carbocycles. The number of benzene rings is 2. The van der Waals surface area contributed by atoms with Crippen molar-refractivity contribution >= 4 is 11.6 Å². The molecule has 0 aliphatic heterocycles. The summed E-state index contributed by atoms with van der Waals surface area (Å²) in [6.45, 7) is -2.86. The fourth-order valence-corrected chi connectivity index (χ4v) is 3.10. The predicted octanol–water partition coefficient (Wildman–Crippen LogP) is 4.86. The molecular weight excluding hydrogens is 340 g/mol. The van der Waals surface area contributed by atoms with Gasteiger partial charge in [-0.3, -0.25) is 4.79 Å². The lowest BCUT2D eigenvalue weighted by molar-refractivity contribution is -0.121. The van der Waals surface area contributed by atoms with Crippen LogP contribution in [0.2, 0.25) is 0 Å². The summed E-state index contributed by atoms with van der Waals surface area (Å²) >= 11 is 0. The predicted molar refractivity (Wildman–Crippen MR) is 94.5 cm³/mol. The number of para-hydroxylation sites is 1. The van der Waals surface area contributed by atoms with E-state index >= 15 is 0 Å². The summed E-state index contributed by atoms with van der Waals surface area (Å²) < 4.78 is 34.5. The maximum Gasteiger partial charge on any atom is 0.387 e. The van der Waals surface area contributed by atoms with E-state index < -0.39 is 6.61 Å². The zero-order chi connectivity index (χ0) is 18.4. The van der Waals surface area contributed by atoms with Crippen LogP contribution in [-0.2, 0) is 4.79 Å². The highest BCUT2D eigenvalue weighted by molar-refractivity contribution is 5.92. The largest absolute Gasteiger partial charge is 0.490 e. The number of alkyl halides is 2. The standard InChI is InChI=1S/C20H21F2NO3/c21-20(22)26-18-12-8-15(9-13-18)23-19(24)14-6-10-17(11-7-14)25-16-4-2-1-3-5-16/h1-5,8-9,12-14,17,20H,6-7,10-11H2,(H,23,24)/t14-,17+. The van der Waals surface area contributed by atoms with Gasteiger partial charge < -0.3 is 14.8 Å². The minimum Gasteiger partial charge on any atom is -0.490 e. The van der Waals surface area contributed by atoms with Crippen LogP contribution in [0, 0.1) is 5.92 Å². The maximum atomic E-state index is 12.4. The van der Waals surface area contributed by atoms with Gasteiger partial charge in [0.15, 0.2) is 0 Å². The molecule has 6 heteroatoms. The molecule has 138 valence electrons.